The lowest BCUT2D eigenvalue weighted by molar-refractivity contribution is -0.357. The molecule has 0 fully saturated rings. The molecule has 0 bridgehead atoms. The van der Waals surface area contributed by atoms with Gasteiger partial charge in [-0.2, -0.15) is 0 Å². The van der Waals surface area contributed by atoms with E-state index >= 15 is 0 Å². The molecule has 0 aromatic carbocycles. The van der Waals surface area contributed by atoms with Gasteiger partial charge in [0.2, 0.25) is 0 Å². The van der Waals surface area contributed by atoms with Crippen LogP contribution in [-0.2, 0) is 9.78 Å². The molecule has 14 heavy (non-hydrogen) atoms. The van der Waals surface area contributed by atoms with E-state index in [2.05, 4.69) is 41.5 Å². The summed E-state index contributed by atoms with van der Waals surface area (Å²) >= 11 is 0. The highest BCUT2D eigenvalue weighted by molar-refractivity contribution is 4.75. The van der Waals surface area contributed by atoms with E-state index in [-0.39, 0.29) is 11.0 Å². The van der Waals surface area contributed by atoms with E-state index in [0.29, 0.717) is 6.61 Å². The van der Waals surface area contributed by atoms with Gasteiger partial charge in [-0.1, -0.05) is 34.1 Å². The zero-order valence-corrected chi connectivity index (χ0v) is 10.6. The van der Waals surface area contributed by atoms with Crippen LogP contribution in [0.25, 0.3) is 0 Å². The summed E-state index contributed by atoms with van der Waals surface area (Å²) < 4.78 is 0. The molecule has 0 aliphatic heterocycles. The van der Waals surface area contributed by atoms with Gasteiger partial charge in [-0.05, 0) is 32.1 Å². The second-order valence-corrected chi connectivity index (χ2v) is 5.76. The Balaban J connectivity index is 3.72. The van der Waals surface area contributed by atoms with Gasteiger partial charge in [0, 0.05) is 0 Å². The summed E-state index contributed by atoms with van der Waals surface area (Å²) in [6, 6.07) is 0. The third kappa shape index (κ3) is 8.52. The highest BCUT2D eigenvalue weighted by Crippen LogP contribution is 2.29. The van der Waals surface area contributed by atoms with E-state index in [1.165, 1.54) is 0 Å². The van der Waals surface area contributed by atoms with Crippen LogP contribution in [0.2, 0.25) is 0 Å². The van der Waals surface area contributed by atoms with Gasteiger partial charge in [-0.25, -0.2) is 9.78 Å². The van der Waals surface area contributed by atoms with Crippen LogP contribution in [0, 0.1) is 5.41 Å². The first-order valence-electron chi connectivity index (χ1n) is 5.57. The molecule has 86 valence electrons. The average Bonchev–Trinajstić information content (AvgIpc) is 1.93. The fraction of sp³-hybridized carbons (Fsp3) is 1.00. The molecule has 0 aliphatic rings. The smallest absolute Gasteiger partial charge is 0.0985 e. The molecular formula is C12H26O2. The molecule has 0 saturated heterocycles. The Kier molecular flexibility index (Phi) is 5.68. The molecule has 0 rings (SSSR count). The molecule has 0 unspecified atom stereocenters. The van der Waals surface area contributed by atoms with E-state index in [9.17, 15) is 0 Å². The van der Waals surface area contributed by atoms with Gasteiger partial charge in [0.15, 0.2) is 0 Å². The Morgan fingerprint density at radius 3 is 2.00 bits per heavy atom. The predicted octanol–water partition coefficient (Wildman–Crippen LogP) is 3.95. The Morgan fingerprint density at radius 1 is 1.00 bits per heavy atom. The first-order chi connectivity index (χ1) is 6.27. The number of hydrogen-bond donors (Lipinski definition) is 0. The van der Waals surface area contributed by atoms with Gasteiger partial charge in [0.1, 0.15) is 0 Å². The van der Waals surface area contributed by atoms with Crippen LogP contribution in [0.5, 0.6) is 0 Å². The number of hydrogen-bond acceptors (Lipinski definition) is 2. The van der Waals surface area contributed by atoms with E-state index < -0.39 is 0 Å². The number of rotatable bonds is 6. The lowest BCUT2D eigenvalue weighted by Gasteiger charge is -2.30. The maximum atomic E-state index is 5.41. The lowest BCUT2D eigenvalue weighted by atomic mass is 9.84. The van der Waals surface area contributed by atoms with Gasteiger partial charge in [-0.3, -0.25) is 0 Å². The summed E-state index contributed by atoms with van der Waals surface area (Å²) in [5, 5.41) is 0. The molecule has 0 atom stereocenters. The number of unbranched alkanes of at least 4 members (excludes halogenated alkanes) is 1. The maximum Gasteiger partial charge on any atom is 0.0985 e. The normalized spacial score (nSPS) is 13.3. The largest absolute Gasteiger partial charge is 0.236 e. The Bertz CT molecular complexity index is 145. The second kappa shape index (κ2) is 5.72. The van der Waals surface area contributed by atoms with Crippen LogP contribution in [0.3, 0.4) is 0 Å². The average molecular weight is 202 g/mol. The monoisotopic (exact) mass is 202 g/mol. The predicted molar refractivity (Wildman–Crippen MR) is 60.1 cm³/mol. The van der Waals surface area contributed by atoms with Gasteiger partial charge in [0.25, 0.3) is 0 Å². The van der Waals surface area contributed by atoms with Crippen LogP contribution in [0.1, 0.15) is 60.8 Å². The van der Waals surface area contributed by atoms with Crippen LogP contribution in [0.15, 0.2) is 0 Å². The quantitative estimate of drug-likeness (QED) is 0.369. The first-order valence-corrected chi connectivity index (χ1v) is 5.57. The Hall–Kier alpha value is -0.0800. The van der Waals surface area contributed by atoms with Crippen molar-refractivity contribution >= 4 is 0 Å². The van der Waals surface area contributed by atoms with Gasteiger partial charge >= 0.3 is 0 Å². The van der Waals surface area contributed by atoms with Crippen LogP contribution < -0.4 is 0 Å². The summed E-state index contributed by atoms with van der Waals surface area (Å²) in [6.45, 7) is 13.6. The Morgan fingerprint density at radius 2 is 1.57 bits per heavy atom. The molecule has 0 amide bonds. The van der Waals surface area contributed by atoms with E-state index in [1.807, 2.05) is 0 Å². The van der Waals surface area contributed by atoms with Crippen LogP contribution in [-0.4, -0.2) is 12.2 Å². The molecule has 0 aromatic rings. The minimum Gasteiger partial charge on any atom is -0.236 e. The molecule has 0 saturated carbocycles. The van der Waals surface area contributed by atoms with Gasteiger partial charge < -0.3 is 0 Å². The van der Waals surface area contributed by atoms with Crippen LogP contribution >= 0.6 is 0 Å². The summed E-state index contributed by atoms with van der Waals surface area (Å²) in [4.78, 5) is 10.6. The zero-order chi connectivity index (χ0) is 11.2. The van der Waals surface area contributed by atoms with Crippen molar-refractivity contribution in [2.45, 2.75) is 66.4 Å². The molecule has 0 aliphatic carbocycles. The molecule has 0 N–H and O–H groups in total. The van der Waals surface area contributed by atoms with E-state index in [1.54, 1.807) is 0 Å². The van der Waals surface area contributed by atoms with E-state index in [0.717, 1.165) is 19.3 Å². The zero-order valence-electron chi connectivity index (χ0n) is 10.6. The molecule has 0 radical (unpaired) electrons. The lowest BCUT2D eigenvalue weighted by Crippen LogP contribution is -2.30. The molecule has 0 spiro atoms. The van der Waals surface area contributed by atoms with Crippen molar-refractivity contribution in [3.8, 4) is 0 Å². The molecule has 0 aromatic heterocycles. The van der Waals surface area contributed by atoms with Crippen LogP contribution in [0.4, 0.5) is 0 Å². The SMILES string of the molecule is CCCCOOC(C)(C)CC(C)(C)C. The topological polar surface area (TPSA) is 18.5 Å². The minimum atomic E-state index is -0.189. The fourth-order valence-electron chi connectivity index (χ4n) is 1.71. The summed E-state index contributed by atoms with van der Waals surface area (Å²) in [7, 11) is 0. The van der Waals surface area contributed by atoms with Crippen molar-refractivity contribution in [3.05, 3.63) is 0 Å². The first kappa shape index (κ1) is 13.9. The van der Waals surface area contributed by atoms with Crippen molar-refractivity contribution in [1.82, 2.24) is 0 Å². The third-order valence-corrected chi connectivity index (χ3v) is 1.82. The van der Waals surface area contributed by atoms with Crippen molar-refractivity contribution in [2.24, 2.45) is 5.41 Å². The molecule has 2 nitrogen and oxygen atoms in total. The molecular weight excluding hydrogens is 176 g/mol. The van der Waals surface area contributed by atoms with E-state index in [4.69, 9.17) is 9.78 Å². The summed E-state index contributed by atoms with van der Waals surface area (Å²) in [5.41, 5.74) is 0.0869. The third-order valence-electron chi connectivity index (χ3n) is 1.82. The van der Waals surface area contributed by atoms with Crippen molar-refractivity contribution in [1.29, 1.82) is 0 Å². The van der Waals surface area contributed by atoms with Crippen molar-refractivity contribution in [2.75, 3.05) is 6.61 Å². The minimum absolute atomic E-state index is 0.189. The highest BCUT2D eigenvalue weighted by atomic mass is 17.2. The summed E-state index contributed by atoms with van der Waals surface area (Å²) in [6.07, 6.45) is 3.20. The van der Waals surface area contributed by atoms with Gasteiger partial charge in [-0.15, -0.1) is 0 Å². The van der Waals surface area contributed by atoms with Crippen molar-refractivity contribution in [3.63, 3.8) is 0 Å². The Labute approximate surface area is 88.9 Å². The maximum absolute atomic E-state index is 5.41. The molecule has 0 heterocycles. The molecule has 2 heteroatoms. The van der Waals surface area contributed by atoms with Gasteiger partial charge in [0.05, 0.1) is 12.2 Å². The fourth-order valence-corrected chi connectivity index (χ4v) is 1.71. The highest BCUT2D eigenvalue weighted by Gasteiger charge is 2.27. The second-order valence-electron chi connectivity index (χ2n) is 5.76. The standard InChI is InChI=1S/C12H26O2/c1-7-8-9-13-14-12(5,6)10-11(2,3)4/h7-10H2,1-6H3. The summed E-state index contributed by atoms with van der Waals surface area (Å²) in [5.74, 6) is 0. The van der Waals surface area contributed by atoms with Crippen molar-refractivity contribution < 1.29 is 9.78 Å².